The van der Waals surface area contributed by atoms with E-state index in [1.165, 1.54) is 64.6 Å². The van der Waals surface area contributed by atoms with Gasteiger partial charge in [-0.25, -0.2) is 15.0 Å². The second-order valence-electron chi connectivity index (χ2n) is 15.7. The predicted molar refractivity (Wildman–Crippen MR) is 218 cm³/mol. The smallest absolute Gasteiger partial charge is 0.163 e. The number of benzene rings is 6. The van der Waals surface area contributed by atoms with Gasteiger partial charge in [0.05, 0.1) is 5.41 Å². The maximum absolute atomic E-state index is 6.55. The Kier molecular flexibility index (Phi) is 7.83. The topological polar surface area (TPSA) is 47.9 Å². The molecule has 1 fully saturated rings. The lowest BCUT2D eigenvalue weighted by atomic mass is 9.66. The Labute approximate surface area is 318 Å². The minimum Gasteiger partial charge on any atom is -0.457 e. The molecule has 2 aliphatic carbocycles. The first-order valence-corrected chi connectivity index (χ1v) is 19.6. The Morgan fingerprint density at radius 1 is 0.556 bits per heavy atom. The third-order valence-electron chi connectivity index (χ3n) is 12.4. The summed E-state index contributed by atoms with van der Waals surface area (Å²) in [6, 6.07) is 52.2. The molecule has 7 aromatic rings. The fourth-order valence-electron chi connectivity index (χ4n) is 9.68. The van der Waals surface area contributed by atoms with E-state index in [0.29, 0.717) is 5.92 Å². The summed E-state index contributed by atoms with van der Waals surface area (Å²) in [4.78, 5) is 15.6. The van der Waals surface area contributed by atoms with Crippen molar-refractivity contribution < 1.29 is 4.74 Å². The highest BCUT2D eigenvalue weighted by Gasteiger charge is 2.51. The van der Waals surface area contributed by atoms with Crippen molar-refractivity contribution in [1.29, 1.82) is 0 Å². The van der Waals surface area contributed by atoms with E-state index in [0.717, 1.165) is 58.5 Å². The molecule has 2 atom stereocenters. The number of hydrogen-bond acceptors (Lipinski definition) is 4. The number of rotatable bonds is 5. The van der Waals surface area contributed by atoms with Crippen LogP contribution in [-0.2, 0) is 10.8 Å². The third-order valence-corrected chi connectivity index (χ3v) is 12.4. The summed E-state index contributed by atoms with van der Waals surface area (Å²) in [7, 11) is 0. The molecule has 1 aromatic heterocycles. The van der Waals surface area contributed by atoms with Crippen LogP contribution in [-0.4, -0.2) is 15.0 Å². The molecule has 6 aromatic carbocycles. The largest absolute Gasteiger partial charge is 0.457 e. The lowest BCUT2D eigenvalue weighted by molar-refractivity contribution is 0.319. The van der Waals surface area contributed by atoms with Crippen LogP contribution in [0.4, 0.5) is 0 Å². The SMILES string of the molecule is CC[C@@H]1CCCCC(C)(c2nc(-c3ccccc3)nc(-c3ccc(-c4ccc5c(c4)C4(c6ccccc6Oc6ccccc64)c4ccccc4-5)cc3)n2)C1. The molecule has 0 radical (unpaired) electrons. The van der Waals surface area contributed by atoms with Crippen LogP contribution >= 0.6 is 0 Å². The molecule has 4 heteroatoms. The number of para-hydroxylation sites is 2. The van der Waals surface area contributed by atoms with Gasteiger partial charge in [0.25, 0.3) is 0 Å². The summed E-state index contributed by atoms with van der Waals surface area (Å²) in [6.45, 7) is 4.71. The summed E-state index contributed by atoms with van der Waals surface area (Å²) < 4.78 is 6.55. The number of nitrogens with zero attached hydrogens (tertiary/aromatic N) is 3. The van der Waals surface area contributed by atoms with Gasteiger partial charge in [-0.3, -0.25) is 0 Å². The van der Waals surface area contributed by atoms with Crippen LogP contribution in [0.2, 0.25) is 0 Å². The molecule has 1 unspecified atom stereocenters. The minimum atomic E-state index is -0.493. The van der Waals surface area contributed by atoms with Crippen LogP contribution in [0.3, 0.4) is 0 Å². The van der Waals surface area contributed by atoms with Gasteiger partial charge in [-0.05, 0) is 70.3 Å². The van der Waals surface area contributed by atoms with Crippen molar-refractivity contribution in [3.63, 3.8) is 0 Å². The van der Waals surface area contributed by atoms with E-state index in [1.807, 2.05) is 6.07 Å². The molecule has 1 saturated carbocycles. The fourth-order valence-corrected chi connectivity index (χ4v) is 9.68. The fraction of sp³-hybridized carbons (Fsp3) is 0.220. The van der Waals surface area contributed by atoms with Gasteiger partial charge in [-0.2, -0.15) is 0 Å². The lowest BCUT2D eigenvalue weighted by Gasteiger charge is -2.39. The highest BCUT2D eigenvalue weighted by Crippen LogP contribution is 2.62. The van der Waals surface area contributed by atoms with Crippen molar-refractivity contribution in [3.05, 3.63) is 174 Å². The van der Waals surface area contributed by atoms with Gasteiger partial charge < -0.3 is 4.74 Å². The molecule has 0 N–H and O–H groups in total. The zero-order chi connectivity index (χ0) is 36.3. The maximum Gasteiger partial charge on any atom is 0.163 e. The van der Waals surface area contributed by atoms with Gasteiger partial charge >= 0.3 is 0 Å². The second kappa shape index (κ2) is 12.9. The molecule has 264 valence electrons. The van der Waals surface area contributed by atoms with Gasteiger partial charge in [0.1, 0.15) is 17.3 Å². The maximum atomic E-state index is 6.55. The molecule has 0 bridgehead atoms. The molecule has 0 amide bonds. The molecule has 2 heterocycles. The first-order valence-electron chi connectivity index (χ1n) is 19.6. The van der Waals surface area contributed by atoms with Crippen molar-refractivity contribution in [2.24, 2.45) is 5.92 Å². The molecule has 4 nitrogen and oxygen atoms in total. The van der Waals surface area contributed by atoms with Crippen LogP contribution in [0.15, 0.2) is 146 Å². The molecular weight excluding hydrogens is 659 g/mol. The minimum absolute atomic E-state index is 0.0856. The summed E-state index contributed by atoms with van der Waals surface area (Å²) in [5.74, 6) is 4.92. The van der Waals surface area contributed by atoms with Crippen molar-refractivity contribution in [2.45, 2.75) is 63.2 Å². The number of hydrogen-bond donors (Lipinski definition) is 0. The molecule has 1 spiro atoms. The third kappa shape index (κ3) is 5.15. The monoisotopic (exact) mass is 701 g/mol. The van der Waals surface area contributed by atoms with Crippen LogP contribution < -0.4 is 4.74 Å². The summed E-state index contributed by atoms with van der Waals surface area (Å²) in [5, 5.41) is 0. The standard InChI is InChI=1S/C50H43N3O/c1-3-33-15-13-14-30-49(2,32-33)48-52-46(35-16-5-4-6-17-35)51-47(53-48)36-26-24-34(25-27-36)37-28-29-39-38-18-7-8-19-40(38)50(43(39)31-37)41-20-9-11-22-44(41)54-45-23-12-10-21-42(45)50/h4-12,16-29,31,33H,3,13-15,30,32H2,1-2H3/t33-,49?/m1/s1. The number of fused-ring (bicyclic) bond motifs is 9. The van der Waals surface area contributed by atoms with E-state index < -0.39 is 5.41 Å². The summed E-state index contributed by atoms with van der Waals surface area (Å²) >= 11 is 0. The lowest BCUT2D eigenvalue weighted by Crippen LogP contribution is -2.32. The van der Waals surface area contributed by atoms with E-state index in [-0.39, 0.29) is 5.41 Å². The second-order valence-corrected chi connectivity index (χ2v) is 15.7. The van der Waals surface area contributed by atoms with Crippen molar-refractivity contribution in [2.75, 3.05) is 0 Å². The zero-order valence-electron chi connectivity index (χ0n) is 30.9. The van der Waals surface area contributed by atoms with Crippen LogP contribution in [0.5, 0.6) is 11.5 Å². The Morgan fingerprint density at radius 2 is 1.13 bits per heavy atom. The molecule has 54 heavy (non-hydrogen) atoms. The van der Waals surface area contributed by atoms with Crippen molar-refractivity contribution >= 4 is 0 Å². The van der Waals surface area contributed by atoms with E-state index in [1.54, 1.807) is 0 Å². The Morgan fingerprint density at radius 3 is 1.83 bits per heavy atom. The van der Waals surface area contributed by atoms with E-state index in [9.17, 15) is 0 Å². The highest BCUT2D eigenvalue weighted by atomic mass is 16.5. The number of aromatic nitrogens is 3. The molecular formula is C50H43N3O. The first-order chi connectivity index (χ1) is 26.5. The Balaban J connectivity index is 1.09. The zero-order valence-corrected chi connectivity index (χ0v) is 30.9. The van der Waals surface area contributed by atoms with E-state index in [2.05, 4.69) is 153 Å². The Hall–Kier alpha value is -5.87. The van der Waals surface area contributed by atoms with Crippen LogP contribution in [0, 0.1) is 5.92 Å². The van der Waals surface area contributed by atoms with Crippen molar-refractivity contribution in [3.8, 4) is 56.5 Å². The number of ether oxygens (including phenoxy) is 1. The van der Waals surface area contributed by atoms with Gasteiger partial charge in [0.15, 0.2) is 11.6 Å². The highest BCUT2D eigenvalue weighted by molar-refractivity contribution is 5.90. The normalized spacial score (nSPS) is 19.2. The molecule has 10 rings (SSSR count). The molecule has 3 aliphatic rings. The van der Waals surface area contributed by atoms with Gasteiger partial charge in [0.2, 0.25) is 0 Å². The van der Waals surface area contributed by atoms with E-state index >= 15 is 0 Å². The van der Waals surface area contributed by atoms with E-state index in [4.69, 9.17) is 19.7 Å². The average molecular weight is 702 g/mol. The van der Waals surface area contributed by atoms with Gasteiger partial charge in [-0.15, -0.1) is 0 Å². The quantitative estimate of drug-likeness (QED) is 0.168. The van der Waals surface area contributed by atoms with Crippen molar-refractivity contribution in [1.82, 2.24) is 15.0 Å². The van der Waals surface area contributed by atoms with Gasteiger partial charge in [0, 0.05) is 27.7 Å². The molecule has 0 saturated heterocycles. The van der Waals surface area contributed by atoms with Crippen LogP contribution in [0.1, 0.15) is 80.5 Å². The van der Waals surface area contributed by atoms with Crippen LogP contribution in [0.25, 0.3) is 45.0 Å². The predicted octanol–water partition coefficient (Wildman–Crippen LogP) is 12.6. The average Bonchev–Trinajstić information content (AvgIpc) is 3.36. The summed E-state index contributed by atoms with van der Waals surface area (Å²) in [5.41, 5.74) is 11.2. The Bertz CT molecular complexity index is 2480. The van der Waals surface area contributed by atoms with Gasteiger partial charge in [-0.1, -0.05) is 167 Å². The first kappa shape index (κ1) is 32.8. The molecule has 1 aliphatic heterocycles. The summed E-state index contributed by atoms with van der Waals surface area (Å²) in [6.07, 6.45) is 7.20.